The van der Waals surface area contributed by atoms with Crippen LogP contribution in [-0.4, -0.2) is 25.7 Å². The SMILES string of the molecule is Cc1nn(-c2ncccn2)c2c1[C@@H](c1ccsc1)CC(=O)N2. The Bertz CT molecular complexity index is 825. The van der Waals surface area contributed by atoms with E-state index in [1.54, 1.807) is 34.5 Å². The number of hydrogen-bond donors (Lipinski definition) is 1. The summed E-state index contributed by atoms with van der Waals surface area (Å²) in [5, 5.41) is 11.6. The number of amides is 1. The molecule has 6 nitrogen and oxygen atoms in total. The first-order valence-corrected chi connectivity index (χ1v) is 7.87. The fourth-order valence-corrected chi connectivity index (χ4v) is 3.56. The molecule has 4 heterocycles. The van der Waals surface area contributed by atoms with E-state index in [4.69, 9.17) is 0 Å². The average molecular weight is 311 g/mol. The van der Waals surface area contributed by atoms with E-state index < -0.39 is 0 Å². The lowest BCUT2D eigenvalue weighted by atomic mass is 9.87. The van der Waals surface area contributed by atoms with E-state index in [0.717, 1.165) is 16.8 Å². The minimum atomic E-state index is -0.0132. The van der Waals surface area contributed by atoms with Crippen molar-refractivity contribution in [2.75, 3.05) is 5.32 Å². The predicted octanol–water partition coefficient (Wildman–Crippen LogP) is 2.51. The average Bonchev–Trinajstić information content (AvgIpc) is 3.16. The second-order valence-corrected chi connectivity index (χ2v) is 5.95. The summed E-state index contributed by atoms with van der Waals surface area (Å²) in [5.74, 6) is 1.16. The molecule has 0 fully saturated rings. The van der Waals surface area contributed by atoms with E-state index in [1.807, 2.05) is 12.3 Å². The molecule has 3 aromatic rings. The van der Waals surface area contributed by atoms with Crippen LogP contribution in [0.2, 0.25) is 0 Å². The van der Waals surface area contributed by atoms with Gasteiger partial charge in [-0.05, 0) is 35.4 Å². The lowest BCUT2D eigenvalue weighted by Crippen LogP contribution is -2.25. The number of aromatic nitrogens is 4. The van der Waals surface area contributed by atoms with Crippen molar-refractivity contribution in [3.63, 3.8) is 0 Å². The van der Waals surface area contributed by atoms with E-state index in [1.165, 1.54) is 0 Å². The van der Waals surface area contributed by atoms with E-state index in [2.05, 4.69) is 31.8 Å². The molecule has 0 saturated heterocycles. The Balaban J connectivity index is 1.90. The molecule has 0 aliphatic carbocycles. The number of carbonyl (C=O) groups is 1. The Hall–Kier alpha value is -2.54. The van der Waals surface area contributed by atoms with Gasteiger partial charge in [0.05, 0.1) is 5.69 Å². The van der Waals surface area contributed by atoms with Crippen molar-refractivity contribution in [3.05, 3.63) is 52.1 Å². The normalized spacial score (nSPS) is 17.1. The number of carbonyl (C=O) groups excluding carboxylic acids is 1. The Morgan fingerprint density at radius 1 is 1.36 bits per heavy atom. The minimum Gasteiger partial charge on any atom is -0.310 e. The molecule has 3 aromatic heterocycles. The number of anilines is 1. The van der Waals surface area contributed by atoms with Gasteiger partial charge in [-0.2, -0.15) is 21.1 Å². The molecular weight excluding hydrogens is 298 g/mol. The van der Waals surface area contributed by atoms with Crippen molar-refractivity contribution in [3.8, 4) is 5.95 Å². The smallest absolute Gasteiger partial charge is 0.252 e. The third kappa shape index (κ3) is 2.01. The van der Waals surface area contributed by atoms with Crippen molar-refractivity contribution < 1.29 is 4.79 Å². The quantitative estimate of drug-likeness (QED) is 0.789. The van der Waals surface area contributed by atoms with Gasteiger partial charge in [0.15, 0.2) is 0 Å². The van der Waals surface area contributed by atoms with Gasteiger partial charge in [-0.1, -0.05) is 0 Å². The lowest BCUT2D eigenvalue weighted by molar-refractivity contribution is -0.116. The number of thiophene rings is 1. The Morgan fingerprint density at radius 3 is 2.91 bits per heavy atom. The summed E-state index contributed by atoms with van der Waals surface area (Å²) in [6.45, 7) is 1.95. The minimum absolute atomic E-state index is 0.0132. The molecule has 1 amide bonds. The van der Waals surface area contributed by atoms with Gasteiger partial charge in [-0.25, -0.2) is 9.97 Å². The zero-order valence-electron chi connectivity index (χ0n) is 11.9. The third-order valence-electron chi connectivity index (χ3n) is 3.79. The summed E-state index contributed by atoms with van der Waals surface area (Å²) < 4.78 is 1.61. The molecule has 0 bridgehead atoms. The number of nitrogens with zero attached hydrogens (tertiary/aromatic N) is 4. The van der Waals surface area contributed by atoms with Crippen LogP contribution in [0.25, 0.3) is 5.95 Å². The van der Waals surface area contributed by atoms with Crippen molar-refractivity contribution >= 4 is 23.1 Å². The van der Waals surface area contributed by atoms with Gasteiger partial charge < -0.3 is 5.32 Å². The monoisotopic (exact) mass is 311 g/mol. The number of aryl methyl sites for hydroxylation is 1. The van der Waals surface area contributed by atoms with Gasteiger partial charge in [-0.15, -0.1) is 0 Å². The maximum Gasteiger partial charge on any atom is 0.252 e. The summed E-state index contributed by atoms with van der Waals surface area (Å²) >= 11 is 1.63. The lowest BCUT2D eigenvalue weighted by Gasteiger charge is -2.23. The van der Waals surface area contributed by atoms with Crippen molar-refractivity contribution in [2.45, 2.75) is 19.3 Å². The molecule has 110 valence electrons. The van der Waals surface area contributed by atoms with Crippen LogP contribution in [0.3, 0.4) is 0 Å². The fraction of sp³-hybridized carbons (Fsp3) is 0.200. The van der Waals surface area contributed by atoms with Gasteiger partial charge >= 0.3 is 0 Å². The summed E-state index contributed by atoms with van der Waals surface area (Å²) in [6.07, 6.45) is 3.76. The van der Waals surface area contributed by atoms with Crippen LogP contribution in [0, 0.1) is 6.92 Å². The first-order valence-electron chi connectivity index (χ1n) is 6.93. The molecule has 0 radical (unpaired) electrons. The highest BCUT2D eigenvalue weighted by atomic mass is 32.1. The molecule has 1 atom stereocenters. The Kier molecular flexibility index (Phi) is 3.00. The summed E-state index contributed by atoms with van der Waals surface area (Å²) in [6, 6.07) is 3.81. The molecule has 0 unspecified atom stereocenters. The molecule has 1 aliphatic rings. The van der Waals surface area contributed by atoms with Gasteiger partial charge in [0.1, 0.15) is 5.82 Å². The molecule has 0 saturated carbocycles. The molecule has 1 aliphatic heterocycles. The van der Waals surface area contributed by atoms with Gasteiger partial charge in [-0.3, -0.25) is 4.79 Å². The maximum atomic E-state index is 12.1. The second kappa shape index (κ2) is 5.03. The second-order valence-electron chi connectivity index (χ2n) is 5.17. The Morgan fingerprint density at radius 2 is 2.18 bits per heavy atom. The maximum absolute atomic E-state index is 12.1. The first-order chi connectivity index (χ1) is 10.7. The largest absolute Gasteiger partial charge is 0.310 e. The van der Waals surface area contributed by atoms with E-state index in [9.17, 15) is 4.79 Å². The van der Waals surface area contributed by atoms with E-state index in [-0.39, 0.29) is 11.8 Å². The Labute approximate surface area is 130 Å². The van der Waals surface area contributed by atoms with Crippen LogP contribution in [0.4, 0.5) is 5.82 Å². The van der Waals surface area contributed by atoms with Crippen molar-refractivity contribution in [1.82, 2.24) is 19.7 Å². The molecule has 7 heteroatoms. The van der Waals surface area contributed by atoms with E-state index in [0.29, 0.717) is 18.2 Å². The topological polar surface area (TPSA) is 72.7 Å². The highest BCUT2D eigenvalue weighted by Crippen LogP contribution is 2.40. The molecular formula is C15H13N5OS. The molecule has 0 spiro atoms. The standard InChI is InChI=1S/C15H13N5OS/c1-9-13-11(10-3-6-22-8-10)7-12(21)18-14(13)20(19-9)15-16-4-2-5-17-15/h2-6,8,11H,7H2,1H3,(H,18,21)/t11-/m1/s1. The summed E-state index contributed by atoms with van der Waals surface area (Å²) in [7, 11) is 0. The van der Waals surface area contributed by atoms with Crippen LogP contribution in [0.1, 0.15) is 29.2 Å². The summed E-state index contributed by atoms with van der Waals surface area (Å²) in [5.41, 5.74) is 3.09. The molecule has 22 heavy (non-hydrogen) atoms. The van der Waals surface area contributed by atoms with Crippen molar-refractivity contribution in [1.29, 1.82) is 0 Å². The van der Waals surface area contributed by atoms with Gasteiger partial charge in [0.2, 0.25) is 5.91 Å². The van der Waals surface area contributed by atoms with Crippen LogP contribution in [0.5, 0.6) is 0 Å². The van der Waals surface area contributed by atoms with Crippen LogP contribution in [-0.2, 0) is 4.79 Å². The van der Waals surface area contributed by atoms with Gasteiger partial charge in [0, 0.05) is 30.3 Å². The van der Waals surface area contributed by atoms with Crippen LogP contribution in [0.15, 0.2) is 35.3 Å². The third-order valence-corrected chi connectivity index (χ3v) is 4.49. The number of rotatable bonds is 2. The van der Waals surface area contributed by atoms with Crippen LogP contribution < -0.4 is 5.32 Å². The van der Waals surface area contributed by atoms with E-state index >= 15 is 0 Å². The molecule has 0 aromatic carbocycles. The highest BCUT2D eigenvalue weighted by Gasteiger charge is 2.33. The molecule has 4 rings (SSSR count). The summed E-state index contributed by atoms with van der Waals surface area (Å²) in [4.78, 5) is 20.6. The molecule has 1 N–H and O–H groups in total. The number of hydrogen-bond acceptors (Lipinski definition) is 5. The zero-order chi connectivity index (χ0) is 15.1. The van der Waals surface area contributed by atoms with Gasteiger partial charge in [0.25, 0.3) is 5.95 Å². The highest BCUT2D eigenvalue weighted by molar-refractivity contribution is 7.08. The van der Waals surface area contributed by atoms with Crippen LogP contribution >= 0.6 is 11.3 Å². The zero-order valence-corrected chi connectivity index (χ0v) is 12.7. The number of nitrogens with one attached hydrogen (secondary N) is 1. The number of fused-ring (bicyclic) bond motifs is 1. The fourth-order valence-electron chi connectivity index (χ4n) is 2.85. The first kappa shape index (κ1) is 13.1. The van der Waals surface area contributed by atoms with Crippen molar-refractivity contribution in [2.24, 2.45) is 0 Å². The predicted molar refractivity (Wildman–Crippen MR) is 83.3 cm³/mol.